The number of alkyl halides is 3. The molecule has 0 radical (unpaired) electrons. The van der Waals surface area contributed by atoms with Crippen molar-refractivity contribution >= 4 is 27.5 Å². The van der Waals surface area contributed by atoms with Crippen molar-refractivity contribution in [3.05, 3.63) is 28.2 Å². The van der Waals surface area contributed by atoms with Crippen LogP contribution in [0.1, 0.15) is 23.7 Å². The van der Waals surface area contributed by atoms with Crippen LogP contribution < -0.4 is 0 Å². The van der Waals surface area contributed by atoms with Gasteiger partial charge in [-0.1, -0.05) is 15.9 Å². The Bertz CT molecular complexity index is 633. The third-order valence-corrected chi connectivity index (χ3v) is 3.45. The maximum atomic E-state index is 13.0. The number of halogens is 4. The SMILES string of the molecule is CC1=NN(C(=O)c2cc(Br)ccc2O)[C@@](O)(C(F)(F)F)C1. The molecule has 0 unspecified atom stereocenters. The highest BCUT2D eigenvalue weighted by atomic mass is 79.9. The van der Waals surface area contributed by atoms with Crippen LogP contribution in [0.5, 0.6) is 5.75 Å². The minimum atomic E-state index is -5.08. The molecule has 5 nitrogen and oxygen atoms in total. The summed E-state index contributed by atoms with van der Waals surface area (Å²) < 4.78 is 39.5. The summed E-state index contributed by atoms with van der Waals surface area (Å²) in [5.41, 5.74) is -3.86. The predicted molar refractivity (Wildman–Crippen MR) is 70.7 cm³/mol. The number of aliphatic hydroxyl groups is 1. The van der Waals surface area contributed by atoms with E-state index in [1.807, 2.05) is 0 Å². The van der Waals surface area contributed by atoms with Crippen molar-refractivity contribution in [2.24, 2.45) is 5.10 Å². The second-order valence-electron chi connectivity index (χ2n) is 4.60. The summed E-state index contributed by atoms with van der Waals surface area (Å²) in [7, 11) is 0. The zero-order valence-electron chi connectivity index (χ0n) is 10.6. The van der Waals surface area contributed by atoms with Crippen molar-refractivity contribution in [2.45, 2.75) is 25.2 Å². The fraction of sp³-hybridized carbons (Fsp3) is 0.333. The van der Waals surface area contributed by atoms with E-state index >= 15 is 0 Å². The van der Waals surface area contributed by atoms with Gasteiger partial charge < -0.3 is 10.2 Å². The Hall–Kier alpha value is -1.61. The molecule has 1 atom stereocenters. The Kier molecular flexibility index (Phi) is 3.75. The van der Waals surface area contributed by atoms with Crippen LogP contribution in [0.3, 0.4) is 0 Å². The van der Waals surface area contributed by atoms with E-state index in [0.717, 1.165) is 12.1 Å². The highest BCUT2D eigenvalue weighted by Crippen LogP contribution is 2.41. The molecule has 0 aliphatic carbocycles. The first kappa shape index (κ1) is 15.8. The number of carbonyl (C=O) groups excluding carboxylic acids is 1. The zero-order chi connectivity index (χ0) is 16.0. The summed E-state index contributed by atoms with van der Waals surface area (Å²) in [6.45, 7) is 1.27. The van der Waals surface area contributed by atoms with Crippen LogP contribution in [0.15, 0.2) is 27.8 Å². The summed E-state index contributed by atoms with van der Waals surface area (Å²) in [6.07, 6.45) is -5.91. The van der Waals surface area contributed by atoms with Gasteiger partial charge in [0.2, 0.25) is 0 Å². The van der Waals surface area contributed by atoms with Gasteiger partial charge in [-0.15, -0.1) is 0 Å². The lowest BCUT2D eigenvalue weighted by Crippen LogP contribution is -2.56. The van der Waals surface area contributed by atoms with E-state index in [1.165, 1.54) is 13.0 Å². The molecular formula is C12H10BrF3N2O3. The van der Waals surface area contributed by atoms with Gasteiger partial charge in [-0.2, -0.15) is 23.3 Å². The van der Waals surface area contributed by atoms with Gasteiger partial charge in [0, 0.05) is 16.6 Å². The van der Waals surface area contributed by atoms with Crippen molar-refractivity contribution in [1.29, 1.82) is 0 Å². The molecular weight excluding hydrogens is 357 g/mol. The van der Waals surface area contributed by atoms with E-state index in [0.29, 0.717) is 4.47 Å². The molecule has 1 amide bonds. The summed E-state index contributed by atoms with van der Waals surface area (Å²) in [5.74, 6) is -1.75. The molecule has 1 aliphatic rings. The van der Waals surface area contributed by atoms with Crippen molar-refractivity contribution in [3.63, 3.8) is 0 Å². The lowest BCUT2D eigenvalue weighted by Gasteiger charge is -2.32. The topological polar surface area (TPSA) is 73.1 Å². The minimum Gasteiger partial charge on any atom is -0.507 e. The van der Waals surface area contributed by atoms with Gasteiger partial charge >= 0.3 is 6.18 Å². The van der Waals surface area contributed by atoms with Crippen molar-refractivity contribution in [1.82, 2.24) is 5.01 Å². The maximum absolute atomic E-state index is 13.0. The van der Waals surface area contributed by atoms with Crippen LogP contribution >= 0.6 is 15.9 Å². The smallest absolute Gasteiger partial charge is 0.438 e. The van der Waals surface area contributed by atoms with Crippen LogP contribution in [0, 0.1) is 0 Å². The van der Waals surface area contributed by atoms with Crippen LogP contribution in [0.2, 0.25) is 0 Å². The fourth-order valence-corrected chi connectivity index (χ4v) is 2.31. The average Bonchev–Trinajstić information content (AvgIpc) is 2.67. The molecule has 0 aromatic heterocycles. The van der Waals surface area contributed by atoms with Gasteiger partial charge in [0.15, 0.2) is 0 Å². The largest absolute Gasteiger partial charge is 0.507 e. The lowest BCUT2D eigenvalue weighted by atomic mass is 10.1. The van der Waals surface area contributed by atoms with Gasteiger partial charge in [-0.25, -0.2) is 0 Å². The van der Waals surface area contributed by atoms with Gasteiger partial charge in [0.1, 0.15) is 5.75 Å². The van der Waals surface area contributed by atoms with Crippen molar-refractivity contribution in [2.75, 3.05) is 0 Å². The number of phenolic OH excluding ortho intramolecular Hbond substituents is 1. The molecule has 9 heteroatoms. The first-order chi connectivity index (χ1) is 9.56. The Morgan fingerprint density at radius 2 is 2.10 bits per heavy atom. The molecule has 1 aromatic carbocycles. The normalized spacial score (nSPS) is 22.4. The van der Waals surface area contributed by atoms with Gasteiger partial charge in [-0.05, 0) is 25.1 Å². The number of carbonyl (C=O) groups is 1. The Labute approximate surface area is 125 Å². The number of hydrogen-bond donors (Lipinski definition) is 2. The second kappa shape index (κ2) is 4.99. The second-order valence-corrected chi connectivity index (χ2v) is 5.52. The van der Waals surface area contributed by atoms with E-state index in [4.69, 9.17) is 0 Å². The van der Waals surface area contributed by atoms with E-state index in [9.17, 15) is 28.2 Å². The molecule has 2 rings (SSSR count). The van der Waals surface area contributed by atoms with Gasteiger partial charge in [-0.3, -0.25) is 4.79 Å². The third-order valence-electron chi connectivity index (χ3n) is 2.96. The van der Waals surface area contributed by atoms with Crippen LogP contribution in [-0.2, 0) is 0 Å². The number of nitrogens with zero attached hydrogens (tertiary/aromatic N) is 2. The molecule has 1 heterocycles. The van der Waals surface area contributed by atoms with Crippen molar-refractivity contribution in [3.8, 4) is 5.75 Å². The molecule has 0 spiro atoms. The predicted octanol–water partition coefficient (Wildman–Crippen LogP) is 2.63. The third kappa shape index (κ3) is 2.62. The Balaban J connectivity index is 2.48. The highest BCUT2D eigenvalue weighted by molar-refractivity contribution is 9.10. The van der Waals surface area contributed by atoms with Crippen LogP contribution in [0.4, 0.5) is 13.2 Å². The number of hydrazone groups is 1. The molecule has 1 aliphatic heterocycles. The zero-order valence-corrected chi connectivity index (χ0v) is 12.2. The lowest BCUT2D eigenvalue weighted by molar-refractivity contribution is -0.297. The number of benzene rings is 1. The molecule has 114 valence electrons. The standard InChI is InChI=1S/C12H10BrF3N2O3/c1-6-5-11(21,12(14,15)16)18(17-6)10(20)8-4-7(13)2-3-9(8)19/h2-4,19,21H,5H2,1H3/t11-/m0/s1. The van der Waals surface area contributed by atoms with Gasteiger partial charge in [0.25, 0.3) is 11.6 Å². The van der Waals surface area contributed by atoms with E-state index in [2.05, 4.69) is 21.0 Å². The van der Waals surface area contributed by atoms with E-state index in [1.54, 1.807) is 0 Å². The molecule has 1 aromatic rings. The van der Waals surface area contributed by atoms with Gasteiger partial charge in [0.05, 0.1) is 5.56 Å². The Morgan fingerprint density at radius 1 is 1.48 bits per heavy atom. The highest BCUT2D eigenvalue weighted by Gasteiger charge is 2.62. The van der Waals surface area contributed by atoms with Crippen LogP contribution in [0.25, 0.3) is 0 Å². The monoisotopic (exact) mass is 366 g/mol. The molecule has 0 saturated heterocycles. The van der Waals surface area contributed by atoms with Crippen LogP contribution in [-0.4, -0.2) is 38.7 Å². The van der Waals surface area contributed by atoms with E-state index in [-0.39, 0.29) is 10.7 Å². The maximum Gasteiger partial charge on any atom is 0.438 e. The Morgan fingerprint density at radius 3 is 2.67 bits per heavy atom. The average molecular weight is 367 g/mol. The summed E-state index contributed by atoms with van der Waals surface area (Å²) >= 11 is 3.05. The quantitative estimate of drug-likeness (QED) is 0.802. The summed E-state index contributed by atoms with van der Waals surface area (Å²) in [4.78, 5) is 12.2. The van der Waals surface area contributed by atoms with Crippen molar-refractivity contribution < 1.29 is 28.2 Å². The first-order valence-corrected chi connectivity index (χ1v) is 6.52. The number of hydrogen-bond acceptors (Lipinski definition) is 4. The number of phenols is 1. The molecule has 2 N–H and O–H groups in total. The number of rotatable bonds is 1. The number of aromatic hydroxyl groups is 1. The summed E-state index contributed by atoms with van der Waals surface area (Å²) in [6, 6.07) is 3.72. The molecule has 0 bridgehead atoms. The molecule has 0 saturated carbocycles. The number of amides is 1. The van der Waals surface area contributed by atoms with E-state index < -0.39 is 35.5 Å². The first-order valence-electron chi connectivity index (χ1n) is 5.72. The minimum absolute atomic E-state index is 0.0379. The summed E-state index contributed by atoms with van der Waals surface area (Å²) in [5, 5.41) is 22.9. The molecule has 21 heavy (non-hydrogen) atoms. The fourth-order valence-electron chi connectivity index (χ4n) is 1.95. The molecule has 0 fully saturated rings.